The minimum absolute atomic E-state index is 0.0353. The number of ketones is 1. The summed E-state index contributed by atoms with van der Waals surface area (Å²) >= 11 is 0. The average Bonchev–Trinajstić information content (AvgIpc) is 3.22. The van der Waals surface area contributed by atoms with Crippen molar-refractivity contribution in [2.75, 3.05) is 13.7 Å². The normalized spacial score (nSPS) is 10.8. The van der Waals surface area contributed by atoms with Gasteiger partial charge in [-0.1, -0.05) is 18.2 Å². The summed E-state index contributed by atoms with van der Waals surface area (Å²) in [7, 11) is 1.27. The maximum atomic E-state index is 12.4. The standard InChI is InChI=1S/C21H23N3O4/c1-12-19(21(27)28-3)17(24-20(12)13(2)25)10-18(26)22-9-8-14-11-23-16-7-5-4-6-15(14)16/h4-7,11,23-24H,8-10H2,1-3H3,(H,22,26). The molecule has 146 valence electrons. The zero-order valence-corrected chi connectivity index (χ0v) is 16.1. The van der Waals surface area contributed by atoms with Crippen molar-refractivity contribution < 1.29 is 19.1 Å². The number of ether oxygens (including phenoxy) is 1. The minimum Gasteiger partial charge on any atom is -0.465 e. The Bertz CT molecular complexity index is 1050. The average molecular weight is 381 g/mol. The molecule has 1 aromatic carbocycles. The Labute approximate surface area is 162 Å². The number of amides is 1. The zero-order valence-electron chi connectivity index (χ0n) is 16.1. The number of carbonyl (C=O) groups is 3. The molecule has 0 atom stereocenters. The third kappa shape index (κ3) is 3.83. The summed E-state index contributed by atoms with van der Waals surface area (Å²) in [5.74, 6) is -1.00. The van der Waals surface area contributed by atoms with Crippen molar-refractivity contribution in [1.29, 1.82) is 0 Å². The van der Waals surface area contributed by atoms with E-state index >= 15 is 0 Å². The second-order valence-corrected chi connectivity index (χ2v) is 6.66. The molecule has 3 aromatic rings. The van der Waals surface area contributed by atoms with Gasteiger partial charge in [0.15, 0.2) is 5.78 Å². The van der Waals surface area contributed by atoms with Crippen LogP contribution in [0.5, 0.6) is 0 Å². The van der Waals surface area contributed by atoms with Gasteiger partial charge < -0.3 is 20.0 Å². The van der Waals surface area contributed by atoms with Crippen LogP contribution in [0.4, 0.5) is 0 Å². The van der Waals surface area contributed by atoms with E-state index in [-0.39, 0.29) is 23.7 Å². The molecule has 7 nitrogen and oxygen atoms in total. The third-order valence-corrected chi connectivity index (χ3v) is 4.80. The second kappa shape index (κ2) is 8.12. The number of rotatable bonds is 7. The number of benzene rings is 1. The van der Waals surface area contributed by atoms with E-state index in [2.05, 4.69) is 15.3 Å². The van der Waals surface area contributed by atoms with Gasteiger partial charge >= 0.3 is 5.97 Å². The van der Waals surface area contributed by atoms with Crippen LogP contribution in [0.25, 0.3) is 10.9 Å². The maximum absolute atomic E-state index is 12.4. The minimum atomic E-state index is -0.567. The summed E-state index contributed by atoms with van der Waals surface area (Å²) in [5.41, 5.74) is 3.65. The van der Waals surface area contributed by atoms with Crippen molar-refractivity contribution in [2.45, 2.75) is 26.7 Å². The number of aromatic nitrogens is 2. The fraction of sp³-hybridized carbons (Fsp3) is 0.286. The van der Waals surface area contributed by atoms with Crippen LogP contribution in [-0.2, 0) is 22.4 Å². The number of hydrogen-bond donors (Lipinski definition) is 3. The summed E-state index contributed by atoms with van der Waals surface area (Å²) in [4.78, 5) is 42.3. The second-order valence-electron chi connectivity index (χ2n) is 6.66. The van der Waals surface area contributed by atoms with Crippen LogP contribution in [0.3, 0.4) is 0 Å². The molecule has 0 unspecified atom stereocenters. The zero-order chi connectivity index (χ0) is 20.3. The molecule has 3 rings (SSSR count). The number of Topliss-reactive ketones (excluding diaryl/α,β-unsaturated/α-hetero) is 1. The lowest BCUT2D eigenvalue weighted by Crippen LogP contribution is -2.28. The lowest BCUT2D eigenvalue weighted by Gasteiger charge is -2.06. The molecule has 1 amide bonds. The van der Waals surface area contributed by atoms with E-state index in [9.17, 15) is 14.4 Å². The number of esters is 1. The lowest BCUT2D eigenvalue weighted by atomic mass is 10.1. The van der Waals surface area contributed by atoms with Crippen LogP contribution in [0.2, 0.25) is 0 Å². The molecule has 2 aromatic heterocycles. The molecular weight excluding hydrogens is 358 g/mol. The molecule has 0 fully saturated rings. The first-order valence-corrected chi connectivity index (χ1v) is 9.04. The van der Waals surface area contributed by atoms with Gasteiger partial charge in [0.25, 0.3) is 0 Å². The van der Waals surface area contributed by atoms with Crippen LogP contribution >= 0.6 is 0 Å². The van der Waals surface area contributed by atoms with Crippen LogP contribution < -0.4 is 5.32 Å². The number of nitrogens with one attached hydrogen (secondary N) is 3. The third-order valence-electron chi connectivity index (χ3n) is 4.80. The van der Waals surface area contributed by atoms with Crippen molar-refractivity contribution in [3.8, 4) is 0 Å². The maximum Gasteiger partial charge on any atom is 0.339 e. The van der Waals surface area contributed by atoms with E-state index < -0.39 is 5.97 Å². The quantitative estimate of drug-likeness (QED) is 0.432. The van der Waals surface area contributed by atoms with E-state index in [1.165, 1.54) is 14.0 Å². The van der Waals surface area contributed by atoms with E-state index in [0.717, 1.165) is 16.5 Å². The first-order chi connectivity index (χ1) is 13.4. The van der Waals surface area contributed by atoms with Gasteiger partial charge in [-0.05, 0) is 30.5 Å². The highest BCUT2D eigenvalue weighted by atomic mass is 16.5. The molecule has 0 saturated heterocycles. The molecule has 28 heavy (non-hydrogen) atoms. The Balaban J connectivity index is 1.67. The number of para-hydroxylation sites is 1. The smallest absolute Gasteiger partial charge is 0.339 e. The van der Waals surface area contributed by atoms with Gasteiger partial charge in [-0.15, -0.1) is 0 Å². The SMILES string of the molecule is COC(=O)c1c(CC(=O)NCCc2c[nH]c3ccccc23)[nH]c(C(C)=O)c1C. The number of fused-ring (bicyclic) bond motifs is 1. The molecule has 0 aliphatic rings. The highest BCUT2D eigenvalue weighted by Crippen LogP contribution is 2.21. The largest absolute Gasteiger partial charge is 0.465 e. The van der Waals surface area contributed by atoms with E-state index in [1.807, 2.05) is 30.5 Å². The van der Waals surface area contributed by atoms with Gasteiger partial charge in [0.2, 0.25) is 5.91 Å². The Morgan fingerprint density at radius 1 is 1.18 bits per heavy atom. The van der Waals surface area contributed by atoms with Gasteiger partial charge in [0, 0.05) is 36.3 Å². The number of H-pyrrole nitrogens is 2. The van der Waals surface area contributed by atoms with Crippen LogP contribution in [-0.4, -0.2) is 41.3 Å². The Morgan fingerprint density at radius 2 is 1.93 bits per heavy atom. The van der Waals surface area contributed by atoms with Crippen molar-refractivity contribution in [2.24, 2.45) is 0 Å². The summed E-state index contributed by atoms with van der Waals surface area (Å²) in [5, 5.41) is 4.00. The fourth-order valence-electron chi connectivity index (χ4n) is 3.42. The number of aromatic amines is 2. The van der Waals surface area contributed by atoms with E-state index in [1.54, 1.807) is 6.92 Å². The summed E-state index contributed by atoms with van der Waals surface area (Å²) in [6, 6.07) is 7.99. The first kappa shape index (κ1) is 19.4. The van der Waals surface area contributed by atoms with E-state index in [0.29, 0.717) is 29.9 Å². The van der Waals surface area contributed by atoms with E-state index in [4.69, 9.17) is 4.74 Å². The predicted octanol–water partition coefficient (Wildman–Crippen LogP) is 2.70. The Morgan fingerprint density at radius 3 is 2.64 bits per heavy atom. The molecule has 0 bridgehead atoms. The number of methoxy groups -OCH3 is 1. The van der Waals surface area contributed by atoms with Crippen LogP contribution in [0.15, 0.2) is 30.5 Å². The number of hydrogen-bond acceptors (Lipinski definition) is 4. The molecule has 2 heterocycles. The van der Waals surface area contributed by atoms with Crippen molar-refractivity contribution in [3.63, 3.8) is 0 Å². The molecule has 0 radical (unpaired) electrons. The fourth-order valence-corrected chi connectivity index (χ4v) is 3.42. The molecule has 3 N–H and O–H groups in total. The molecule has 0 aliphatic heterocycles. The molecule has 7 heteroatoms. The van der Waals surface area contributed by atoms with Gasteiger partial charge in [0.1, 0.15) is 0 Å². The van der Waals surface area contributed by atoms with Crippen LogP contribution in [0, 0.1) is 6.92 Å². The molecular formula is C21H23N3O4. The predicted molar refractivity (Wildman–Crippen MR) is 106 cm³/mol. The monoisotopic (exact) mass is 381 g/mol. The lowest BCUT2D eigenvalue weighted by molar-refractivity contribution is -0.120. The van der Waals surface area contributed by atoms with Crippen molar-refractivity contribution in [1.82, 2.24) is 15.3 Å². The molecule has 0 spiro atoms. The van der Waals surface area contributed by atoms with Gasteiger partial charge in [0.05, 0.1) is 24.8 Å². The van der Waals surface area contributed by atoms with Crippen molar-refractivity contribution in [3.05, 3.63) is 58.5 Å². The van der Waals surface area contributed by atoms with Gasteiger partial charge in [-0.25, -0.2) is 4.79 Å². The molecule has 0 aliphatic carbocycles. The Hall–Kier alpha value is -3.35. The summed E-state index contributed by atoms with van der Waals surface area (Å²) in [6.07, 6.45) is 2.59. The van der Waals surface area contributed by atoms with Crippen LogP contribution in [0.1, 0.15) is 44.6 Å². The first-order valence-electron chi connectivity index (χ1n) is 9.04. The Kier molecular flexibility index (Phi) is 5.63. The van der Waals surface area contributed by atoms with Gasteiger partial charge in [-0.3, -0.25) is 9.59 Å². The highest BCUT2D eigenvalue weighted by Gasteiger charge is 2.24. The highest BCUT2D eigenvalue weighted by molar-refractivity contribution is 6.01. The van der Waals surface area contributed by atoms with Crippen molar-refractivity contribution >= 4 is 28.6 Å². The van der Waals surface area contributed by atoms with Gasteiger partial charge in [-0.2, -0.15) is 0 Å². The summed E-state index contributed by atoms with van der Waals surface area (Å²) in [6.45, 7) is 3.54. The number of carbonyl (C=O) groups excluding carboxylic acids is 3. The summed E-state index contributed by atoms with van der Waals surface area (Å²) < 4.78 is 4.80. The topological polar surface area (TPSA) is 104 Å². The molecule has 0 saturated carbocycles.